The van der Waals surface area contributed by atoms with Gasteiger partial charge in [0.25, 0.3) is 0 Å². The van der Waals surface area contributed by atoms with Crippen molar-refractivity contribution in [2.45, 2.75) is 38.6 Å². The van der Waals surface area contributed by atoms with Crippen LogP contribution in [0.3, 0.4) is 0 Å². The molecule has 0 spiro atoms. The van der Waals surface area contributed by atoms with Crippen LogP contribution < -0.4 is 5.63 Å². The fourth-order valence-corrected chi connectivity index (χ4v) is 4.69. The van der Waals surface area contributed by atoms with Gasteiger partial charge in [-0.1, -0.05) is 30.7 Å². The molecule has 4 aromatic rings. The van der Waals surface area contributed by atoms with Crippen LogP contribution in [0.2, 0.25) is 5.02 Å². The Morgan fingerprint density at radius 3 is 2.83 bits per heavy atom. The van der Waals surface area contributed by atoms with E-state index < -0.39 is 0 Å². The van der Waals surface area contributed by atoms with Gasteiger partial charge >= 0.3 is 5.63 Å². The number of para-hydroxylation sites is 2. The standard InChI is InChI=1S/C24H23ClN2O3/c1-2-15-10-22-18(12-19(15)25)17(11-23(28)29-22)14-27-9-5-6-16(13-27)24-26-20-7-3-4-8-21(20)30-24/h3-4,7-8,10-12,16H,2,5-6,9,13-14H2,1H3. The average Bonchev–Trinajstić information content (AvgIpc) is 3.18. The normalized spacial score (nSPS) is 17.7. The number of hydrogen-bond acceptors (Lipinski definition) is 5. The van der Waals surface area contributed by atoms with Crippen molar-refractivity contribution in [2.75, 3.05) is 13.1 Å². The number of hydrogen-bond donors (Lipinski definition) is 0. The summed E-state index contributed by atoms with van der Waals surface area (Å²) < 4.78 is 11.5. The third-order valence-corrected chi connectivity index (χ3v) is 6.29. The van der Waals surface area contributed by atoms with Gasteiger partial charge in [-0.2, -0.15) is 0 Å². The van der Waals surface area contributed by atoms with Crippen LogP contribution in [-0.2, 0) is 13.0 Å². The second-order valence-electron chi connectivity index (χ2n) is 7.98. The number of rotatable bonds is 4. The molecule has 1 atom stereocenters. The Balaban J connectivity index is 1.43. The second kappa shape index (κ2) is 7.89. The molecule has 5 nitrogen and oxygen atoms in total. The van der Waals surface area contributed by atoms with Gasteiger partial charge in [0, 0.05) is 35.5 Å². The lowest BCUT2D eigenvalue weighted by Gasteiger charge is -2.31. The van der Waals surface area contributed by atoms with Crippen LogP contribution in [0.15, 0.2) is 56.1 Å². The quantitative estimate of drug-likeness (QED) is 0.405. The molecule has 30 heavy (non-hydrogen) atoms. The number of aromatic nitrogens is 1. The highest BCUT2D eigenvalue weighted by Crippen LogP contribution is 2.31. The lowest BCUT2D eigenvalue weighted by atomic mass is 9.97. The van der Waals surface area contributed by atoms with Gasteiger partial charge in [0.05, 0.1) is 0 Å². The third kappa shape index (κ3) is 3.64. The number of oxazole rings is 1. The Labute approximate surface area is 179 Å². The maximum Gasteiger partial charge on any atom is 0.336 e. The average molecular weight is 423 g/mol. The van der Waals surface area contributed by atoms with Crippen LogP contribution in [0.5, 0.6) is 0 Å². The molecule has 1 fully saturated rings. The van der Waals surface area contributed by atoms with E-state index in [2.05, 4.69) is 4.90 Å². The van der Waals surface area contributed by atoms with Crippen LogP contribution in [-0.4, -0.2) is 23.0 Å². The summed E-state index contributed by atoms with van der Waals surface area (Å²) >= 11 is 6.45. The van der Waals surface area contributed by atoms with Gasteiger partial charge in [-0.05, 0) is 61.2 Å². The molecule has 2 aromatic carbocycles. The van der Waals surface area contributed by atoms with E-state index in [4.69, 9.17) is 25.4 Å². The van der Waals surface area contributed by atoms with E-state index in [1.165, 1.54) is 0 Å². The number of likely N-dealkylation sites (tertiary alicyclic amines) is 1. The summed E-state index contributed by atoms with van der Waals surface area (Å²) in [6.45, 7) is 4.52. The summed E-state index contributed by atoms with van der Waals surface area (Å²) in [4.78, 5) is 19.2. The topological polar surface area (TPSA) is 59.5 Å². The first-order valence-corrected chi connectivity index (χ1v) is 10.8. The zero-order valence-electron chi connectivity index (χ0n) is 16.9. The summed E-state index contributed by atoms with van der Waals surface area (Å²) in [5.41, 5.74) is 3.94. The monoisotopic (exact) mass is 422 g/mol. The summed E-state index contributed by atoms with van der Waals surface area (Å²) in [6, 6.07) is 13.3. The molecule has 2 aromatic heterocycles. The maximum absolute atomic E-state index is 12.2. The highest BCUT2D eigenvalue weighted by molar-refractivity contribution is 6.32. The van der Waals surface area contributed by atoms with Crippen molar-refractivity contribution in [1.29, 1.82) is 0 Å². The summed E-state index contributed by atoms with van der Waals surface area (Å²) in [5.74, 6) is 1.04. The number of piperidine rings is 1. The van der Waals surface area contributed by atoms with E-state index in [1.54, 1.807) is 6.07 Å². The molecule has 0 amide bonds. The van der Waals surface area contributed by atoms with Crippen LogP contribution in [0.1, 0.15) is 42.7 Å². The van der Waals surface area contributed by atoms with E-state index in [0.717, 1.165) is 65.9 Å². The van der Waals surface area contributed by atoms with Gasteiger partial charge in [0.15, 0.2) is 11.5 Å². The Kier molecular flexibility index (Phi) is 5.09. The van der Waals surface area contributed by atoms with Gasteiger partial charge in [0.1, 0.15) is 11.1 Å². The fourth-order valence-electron chi connectivity index (χ4n) is 4.40. The van der Waals surface area contributed by atoms with Crippen molar-refractivity contribution in [2.24, 2.45) is 0 Å². The molecular weight excluding hydrogens is 400 g/mol. The zero-order chi connectivity index (χ0) is 20.7. The number of halogens is 1. The summed E-state index contributed by atoms with van der Waals surface area (Å²) in [6.07, 6.45) is 2.90. The second-order valence-corrected chi connectivity index (χ2v) is 8.39. The van der Waals surface area contributed by atoms with Crippen molar-refractivity contribution in [3.8, 4) is 0 Å². The molecule has 1 aliphatic rings. The molecule has 0 N–H and O–H groups in total. The fraction of sp³-hybridized carbons (Fsp3) is 0.333. The molecule has 6 heteroatoms. The minimum Gasteiger partial charge on any atom is -0.440 e. The summed E-state index contributed by atoms with van der Waals surface area (Å²) in [5, 5.41) is 1.61. The van der Waals surface area contributed by atoms with E-state index in [1.807, 2.05) is 43.3 Å². The lowest BCUT2D eigenvalue weighted by molar-refractivity contribution is 0.187. The highest BCUT2D eigenvalue weighted by Gasteiger charge is 2.26. The van der Waals surface area contributed by atoms with Gasteiger partial charge in [0.2, 0.25) is 0 Å². The predicted molar refractivity (Wildman–Crippen MR) is 118 cm³/mol. The molecule has 0 aliphatic carbocycles. The molecule has 0 radical (unpaired) electrons. The Bertz CT molecular complexity index is 1240. The first-order valence-electron chi connectivity index (χ1n) is 10.4. The Morgan fingerprint density at radius 1 is 1.13 bits per heavy atom. The van der Waals surface area contributed by atoms with E-state index >= 15 is 0 Å². The van der Waals surface area contributed by atoms with Gasteiger partial charge < -0.3 is 8.83 Å². The number of fused-ring (bicyclic) bond motifs is 2. The van der Waals surface area contributed by atoms with Crippen LogP contribution in [0.4, 0.5) is 0 Å². The van der Waals surface area contributed by atoms with Gasteiger partial charge in [-0.15, -0.1) is 0 Å². The molecular formula is C24H23ClN2O3. The van der Waals surface area contributed by atoms with Crippen LogP contribution in [0.25, 0.3) is 22.1 Å². The molecule has 154 valence electrons. The minimum atomic E-state index is -0.325. The SMILES string of the molecule is CCc1cc2oc(=O)cc(CN3CCCC(c4nc5ccccc5o4)C3)c2cc1Cl. The molecule has 0 bridgehead atoms. The van der Waals surface area contributed by atoms with E-state index in [0.29, 0.717) is 17.2 Å². The Hall–Kier alpha value is -2.63. The van der Waals surface area contributed by atoms with E-state index in [-0.39, 0.29) is 11.5 Å². The Morgan fingerprint density at radius 2 is 2.00 bits per heavy atom. The number of nitrogens with zero attached hydrogens (tertiary/aromatic N) is 2. The molecule has 1 saturated heterocycles. The first kappa shape index (κ1) is 19.3. The number of aryl methyl sites for hydroxylation is 1. The molecule has 5 rings (SSSR count). The van der Waals surface area contributed by atoms with E-state index in [9.17, 15) is 4.79 Å². The van der Waals surface area contributed by atoms with Crippen molar-refractivity contribution >= 4 is 33.7 Å². The minimum absolute atomic E-state index is 0.243. The van der Waals surface area contributed by atoms with Crippen molar-refractivity contribution in [1.82, 2.24) is 9.88 Å². The van der Waals surface area contributed by atoms with Crippen LogP contribution >= 0.6 is 11.6 Å². The molecule has 1 unspecified atom stereocenters. The third-order valence-electron chi connectivity index (χ3n) is 5.94. The lowest BCUT2D eigenvalue weighted by Crippen LogP contribution is -2.34. The number of benzene rings is 2. The van der Waals surface area contributed by atoms with Crippen molar-refractivity contribution < 1.29 is 8.83 Å². The first-order chi connectivity index (χ1) is 14.6. The van der Waals surface area contributed by atoms with Crippen molar-refractivity contribution in [3.63, 3.8) is 0 Å². The molecule has 3 heterocycles. The summed E-state index contributed by atoms with van der Waals surface area (Å²) in [7, 11) is 0. The molecule has 0 saturated carbocycles. The smallest absolute Gasteiger partial charge is 0.336 e. The zero-order valence-corrected chi connectivity index (χ0v) is 17.6. The largest absolute Gasteiger partial charge is 0.440 e. The van der Waals surface area contributed by atoms with Crippen molar-refractivity contribution in [3.05, 3.63) is 74.9 Å². The molecule has 1 aliphatic heterocycles. The van der Waals surface area contributed by atoms with Gasteiger partial charge in [-0.3, -0.25) is 4.90 Å². The predicted octanol–water partition coefficient (Wildman–Crippen LogP) is 5.53. The highest BCUT2D eigenvalue weighted by atomic mass is 35.5. The van der Waals surface area contributed by atoms with Crippen LogP contribution in [0, 0.1) is 0 Å². The van der Waals surface area contributed by atoms with Gasteiger partial charge in [-0.25, -0.2) is 9.78 Å². The maximum atomic E-state index is 12.2.